The lowest BCUT2D eigenvalue weighted by atomic mass is 9.96. The lowest BCUT2D eigenvalue weighted by molar-refractivity contribution is -0.122. The summed E-state index contributed by atoms with van der Waals surface area (Å²) in [5.74, 6) is 1.93. The molecule has 4 rings (SSSR count). The Morgan fingerprint density at radius 3 is 1.74 bits per heavy atom. The Bertz CT molecular complexity index is 1280. The number of allylic oxidation sites excluding steroid dienone is 4. The van der Waals surface area contributed by atoms with Crippen molar-refractivity contribution in [3.63, 3.8) is 0 Å². The molecule has 2 aliphatic heterocycles. The van der Waals surface area contributed by atoms with E-state index in [1.165, 1.54) is 0 Å². The van der Waals surface area contributed by atoms with Crippen LogP contribution in [0.4, 0.5) is 0 Å². The third-order valence-corrected chi connectivity index (χ3v) is 6.41. The molecule has 0 fully saturated rings. The van der Waals surface area contributed by atoms with Gasteiger partial charge in [0, 0.05) is 24.7 Å². The Kier molecular flexibility index (Phi) is 9.99. The molecule has 38 heavy (non-hydrogen) atoms. The van der Waals surface area contributed by atoms with Gasteiger partial charge in [-0.25, -0.2) is 10.9 Å². The number of rotatable bonds is 6. The largest absolute Gasteiger partial charge is 0.497 e. The van der Waals surface area contributed by atoms with Crippen LogP contribution in [0.5, 0.6) is 11.5 Å². The molecule has 2 aromatic carbocycles. The first kappa shape index (κ1) is 28.4. The fraction of sp³-hybridized carbons (Fsp3) is 0.333. The van der Waals surface area contributed by atoms with Gasteiger partial charge in [-0.1, -0.05) is 38.1 Å². The predicted molar refractivity (Wildman–Crippen MR) is 152 cm³/mol. The van der Waals surface area contributed by atoms with Gasteiger partial charge in [-0.05, 0) is 72.5 Å². The van der Waals surface area contributed by atoms with E-state index < -0.39 is 0 Å². The normalized spacial score (nSPS) is 19.7. The SMILES string of the molecule is COc1ccc(C(C)=CC2=NNC(=O)CC2C)cc1.COc1cccc(C(C)=CC2=NNC(=O)CC2C)c1. The maximum Gasteiger partial charge on any atom is 0.240 e. The number of nitrogens with zero attached hydrogens (tertiary/aromatic N) is 2. The van der Waals surface area contributed by atoms with Crippen LogP contribution in [-0.2, 0) is 9.59 Å². The van der Waals surface area contributed by atoms with Crippen molar-refractivity contribution in [2.75, 3.05) is 14.2 Å². The minimum Gasteiger partial charge on any atom is -0.497 e. The Hall–Kier alpha value is -4.20. The molecule has 8 heteroatoms. The summed E-state index contributed by atoms with van der Waals surface area (Å²) in [4.78, 5) is 22.4. The summed E-state index contributed by atoms with van der Waals surface area (Å²) in [5, 5.41) is 8.22. The van der Waals surface area contributed by atoms with Gasteiger partial charge in [0.1, 0.15) is 11.5 Å². The molecular weight excluding hydrogens is 480 g/mol. The minimum absolute atomic E-state index is 0.0215. The number of hydrazone groups is 2. The minimum atomic E-state index is -0.0244. The first-order valence-electron chi connectivity index (χ1n) is 12.6. The number of amides is 2. The molecule has 2 atom stereocenters. The fourth-order valence-corrected chi connectivity index (χ4v) is 4.01. The van der Waals surface area contributed by atoms with Gasteiger partial charge >= 0.3 is 0 Å². The van der Waals surface area contributed by atoms with Gasteiger partial charge in [0.05, 0.1) is 25.6 Å². The average Bonchev–Trinajstić information content (AvgIpc) is 2.92. The highest BCUT2D eigenvalue weighted by Crippen LogP contribution is 2.22. The van der Waals surface area contributed by atoms with Gasteiger partial charge < -0.3 is 9.47 Å². The van der Waals surface area contributed by atoms with Crippen molar-refractivity contribution >= 4 is 34.4 Å². The summed E-state index contributed by atoms with van der Waals surface area (Å²) in [6.07, 6.45) is 5.01. The van der Waals surface area contributed by atoms with E-state index in [4.69, 9.17) is 9.47 Å². The van der Waals surface area contributed by atoms with Crippen LogP contribution in [-0.4, -0.2) is 37.5 Å². The maximum absolute atomic E-state index is 11.2. The van der Waals surface area contributed by atoms with Gasteiger partial charge in [0.2, 0.25) is 11.8 Å². The number of methoxy groups -OCH3 is 2. The zero-order chi connectivity index (χ0) is 27.7. The summed E-state index contributed by atoms with van der Waals surface area (Å²) in [6.45, 7) is 8.08. The number of carbonyl (C=O) groups is 2. The van der Waals surface area contributed by atoms with Crippen LogP contribution in [0.1, 0.15) is 51.7 Å². The van der Waals surface area contributed by atoms with Gasteiger partial charge in [-0.3, -0.25) is 9.59 Å². The Morgan fingerprint density at radius 2 is 1.26 bits per heavy atom. The fourth-order valence-electron chi connectivity index (χ4n) is 4.01. The van der Waals surface area contributed by atoms with E-state index in [-0.39, 0.29) is 23.7 Å². The van der Waals surface area contributed by atoms with Crippen LogP contribution in [0.25, 0.3) is 11.1 Å². The molecule has 2 amide bonds. The van der Waals surface area contributed by atoms with E-state index in [0.717, 1.165) is 45.2 Å². The molecule has 0 spiro atoms. The van der Waals surface area contributed by atoms with Crippen molar-refractivity contribution < 1.29 is 19.1 Å². The quantitative estimate of drug-likeness (QED) is 0.550. The lowest BCUT2D eigenvalue weighted by Gasteiger charge is -2.17. The van der Waals surface area contributed by atoms with E-state index in [1.807, 2.05) is 88.4 Å². The lowest BCUT2D eigenvalue weighted by Crippen LogP contribution is -2.30. The molecule has 2 aromatic rings. The summed E-state index contributed by atoms with van der Waals surface area (Å²) in [6, 6.07) is 15.8. The highest BCUT2D eigenvalue weighted by molar-refractivity contribution is 6.06. The predicted octanol–water partition coefficient (Wildman–Crippen LogP) is 5.22. The summed E-state index contributed by atoms with van der Waals surface area (Å²) >= 11 is 0. The molecular formula is C30H36N4O4. The van der Waals surface area contributed by atoms with Gasteiger partial charge in [-0.15, -0.1) is 0 Å². The number of hydrogen-bond acceptors (Lipinski definition) is 6. The molecule has 2 aliphatic rings. The van der Waals surface area contributed by atoms with Crippen molar-refractivity contribution in [2.24, 2.45) is 22.0 Å². The Morgan fingerprint density at radius 1 is 0.763 bits per heavy atom. The van der Waals surface area contributed by atoms with E-state index in [0.29, 0.717) is 12.8 Å². The molecule has 0 aromatic heterocycles. The zero-order valence-corrected chi connectivity index (χ0v) is 22.9. The molecule has 200 valence electrons. The third kappa shape index (κ3) is 7.90. The highest BCUT2D eigenvalue weighted by atomic mass is 16.5. The van der Waals surface area contributed by atoms with Gasteiger partial charge in [0.15, 0.2) is 0 Å². The smallest absolute Gasteiger partial charge is 0.240 e. The molecule has 0 saturated heterocycles. The van der Waals surface area contributed by atoms with E-state index in [9.17, 15) is 9.59 Å². The molecule has 2 heterocycles. The highest BCUT2D eigenvalue weighted by Gasteiger charge is 2.19. The molecule has 2 unspecified atom stereocenters. The number of benzene rings is 2. The summed E-state index contributed by atoms with van der Waals surface area (Å²) in [5.41, 5.74) is 11.3. The maximum atomic E-state index is 11.2. The van der Waals surface area contributed by atoms with Crippen molar-refractivity contribution in [1.82, 2.24) is 10.9 Å². The molecule has 0 bridgehead atoms. The van der Waals surface area contributed by atoms with Crippen molar-refractivity contribution in [2.45, 2.75) is 40.5 Å². The van der Waals surface area contributed by atoms with Gasteiger partial charge in [-0.2, -0.15) is 10.2 Å². The molecule has 0 aliphatic carbocycles. The summed E-state index contributed by atoms with van der Waals surface area (Å²) in [7, 11) is 3.31. The number of carbonyl (C=O) groups excluding carboxylic acids is 2. The standard InChI is InChI=1S/2C15H18N2O2/c1-10(12-4-6-13(19-3)7-5-12)8-14-11(2)9-15(18)17-16-14;1-10(12-5-4-6-13(9-12)19-3)7-14-11(2)8-15(18)17-16-14/h4-8,11H,9H2,1-3H3,(H,17,18);4-7,9,11H,8H2,1-3H3,(H,17,18). The monoisotopic (exact) mass is 516 g/mol. The Balaban J connectivity index is 0.000000211. The van der Waals surface area contributed by atoms with E-state index >= 15 is 0 Å². The average molecular weight is 517 g/mol. The molecule has 0 saturated carbocycles. The molecule has 2 N–H and O–H groups in total. The van der Waals surface area contributed by atoms with Crippen molar-refractivity contribution in [1.29, 1.82) is 0 Å². The van der Waals surface area contributed by atoms with Crippen LogP contribution in [0.15, 0.2) is 70.9 Å². The van der Waals surface area contributed by atoms with E-state index in [2.05, 4.69) is 21.1 Å². The van der Waals surface area contributed by atoms with Crippen LogP contribution in [0.3, 0.4) is 0 Å². The van der Waals surface area contributed by atoms with Crippen LogP contribution in [0, 0.1) is 11.8 Å². The second kappa shape index (κ2) is 13.4. The third-order valence-electron chi connectivity index (χ3n) is 6.41. The summed E-state index contributed by atoms with van der Waals surface area (Å²) < 4.78 is 10.4. The molecule has 0 radical (unpaired) electrons. The van der Waals surface area contributed by atoms with Crippen LogP contribution >= 0.6 is 0 Å². The second-order valence-electron chi connectivity index (χ2n) is 9.47. The van der Waals surface area contributed by atoms with Crippen LogP contribution in [0.2, 0.25) is 0 Å². The van der Waals surface area contributed by atoms with Gasteiger partial charge in [0.25, 0.3) is 0 Å². The number of hydrogen-bond donors (Lipinski definition) is 2. The zero-order valence-electron chi connectivity index (χ0n) is 22.9. The van der Waals surface area contributed by atoms with E-state index in [1.54, 1.807) is 14.2 Å². The Labute approximate surface area is 224 Å². The second-order valence-corrected chi connectivity index (χ2v) is 9.47. The first-order valence-corrected chi connectivity index (χ1v) is 12.6. The molecule has 8 nitrogen and oxygen atoms in total. The van der Waals surface area contributed by atoms with Crippen LogP contribution < -0.4 is 20.3 Å². The first-order chi connectivity index (χ1) is 18.2. The topological polar surface area (TPSA) is 101 Å². The van der Waals surface area contributed by atoms with Crippen molar-refractivity contribution in [3.05, 3.63) is 71.8 Å². The van der Waals surface area contributed by atoms with Crippen molar-refractivity contribution in [3.8, 4) is 11.5 Å². The number of nitrogens with one attached hydrogen (secondary N) is 2. The number of ether oxygens (including phenoxy) is 2.